The van der Waals surface area contributed by atoms with Gasteiger partial charge in [0.1, 0.15) is 5.82 Å². The van der Waals surface area contributed by atoms with E-state index in [1.54, 1.807) is 12.4 Å². The number of hydrogen-bond donors (Lipinski definition) is 2. The molecule has 0 aliphatic carbocycles. The maximum atomic E-state index is 13.3. The first-order chi connectivity index (χ1) is 9.28. The predicted molar refractivity (Wildman–Crippen MR) is 69.0 cm³/mol. The molecule has 0 bridgehead atoms. The van der Waals surface area contributed by atoms with Gasteiger partial charge >= 0.3 is 0 Å². The van der Waals surface area contributed by atoms with E-state index in [2.05, 4.69) is 30.5 Å². The van der Waals surface area contributed by atoms with Crippen LogP contribution < -0.4 is 5.32 Å². The van der Waals surface area contributed by atoms with E-state index < -0.39 is 5.82 Å². The van der Waals surface area contributed by atoms with Crippen LogP contribution in [0.1, 0.15) is 6.92 Å². The fourth-order valence-corrected chi connectivity index (χ4v) is 1.83. The molecule has 3 aromatic rings. The number of hydrogen-bond acceptors (Lipinski definition) is 5. The number of aromatic amines is 1. The Kier molecular flexibility index (Phi) is 2.79. The smallest absolute Gasteiger partial charge is 0.225 e. The molecule has 2 N–H and O–H groups in total. The van der Waals surface area contributed by atoms with Crippen molar-refractivity contribution in [2.75, 3.05) is 11.9 Å². The summed E-state index contributed by atoms with van der Waals surface area (Å²) in [4.78, 5) is 12.5. The molecule has 3 aromatic heterocycles. The molecule has 0 radical (unpaired) electrons. The second-order valence-corrected chi connectivity index (χ2v) is 3.95. The molecule has 0 spiro atoms. The molecule has 0 aliphatic rings. The van der Waals surface area contributed by atoms with Crippen LogP contribution in [0.15, 0.2) is 24.7 Å². The van der Waals surface area contributed by atoms with Crippen LogP contribution in [0.4, 0.5) is 10.3 Å². The third-order valence-electron chi connectivity index (χ3n) is 2.62. The number of halogens is 1. The van der Waals surface area contributed by atoms with Crippen molar-refractivity contribution in [2.45, 2.75) is 6.92 Å². The number of aromatic nitrogens is 5. The molecule has 3 rings (SSSR count). The minimum atomic E-state index is -0.405. The second kappa shape index (κ2) is 4.60. The molecule has 6 nitrogen and oxygen atoms in total. The molecule has 0 atom stereocenters. The van der Waals surface area contributed by atoms with E-state index in [0.717, 1.165) is 11.6 Å². The van der Waals surface area contributed by atoms with Crippen LogP contribution in [-0.2, 0) is 0 Å². The molecule has 19 heavy (non-hydrogen) atoms. The SMILES string of the molecule is CCNc1nc(-c2cncc(F)c2)c2cn[nH]c2n1. The molecule has 3 heterocycles. The van der Waals surface area contributed by atoms with Crippen LogP contribution in [-0.4, -0.2) is 31.7 Å². The summed E-state index contributed by atoms with van der Waals surface area (Å²) in [7, 11) is 0. The quantitative estimate of drug-likeness (QED) is 0.751. The maximum absolute atomic E-state index is 13.3. The summed E-state index contributed by atoms with van der Waals surface area (Å²) in [6, 6.07) is 1.39. The van der Waals surface area contributed by atoms with E-state index in [1.807, 2.05) is 6.92 Å². The standard InChI is InChI=1S/C12H11FN6/c1-2-15-12-17-10(7-3-8(13)5-14-4-7)9-6-16-19-11(9)18-12/h3-6H,2H2,1H3,(H2,15,16,17,18,19). The van der Waals surface area contributed by atoms with Crippen molar-refractivity contribution >= 4 is 17.0 Å². The summed E-state index contributed by atoms with van der Waals surface area (Å²) in [5.74, 6) is 0.0660. The molecule has 0 unspecified atom stereocenters. The predicted octanol–water partition coefficient (Wildman–Crippen LogP) is 1.99. The van der Waals surface area contributed by atoms with E-state index in [-0.39, 0.29) is 0 Å². The normalized spacial score (nSPS) is 10.8. The third kappa shape index (κ3) is 2.10. The average molecular weight is 258 g/mol. The summed E-state index contributed by atoms with van der Waals surface area (Å²) in [6.07, 6.45) is 4.33. The van der Waals surface area contributed by atoms with E-state index in [1.165, 1.54) is 6.07 Å². The molecule has 0 aromatic carbocycles. The van der Waals surface area contributed by atoms with Crippen molar-refractivity contribution in [3.8, 4) is 11.3 Å². The van der Waals surface area contributed by atoms with Gasteiger partial charge in [0.25, 0.3) is 0 Å². The Hall–Kier alpha value is -2.57. The highest BCUT2D eigenvalue weighted by atomic mass is 19.1. The Morgan fingerprint density at radius 3 is 2.95 bits per heavy atom. The van der Waals surface area contributed by atoms with Gasteiger partial charge in [0.05, 0.1) is 23.5 Å². The van der Waals surface area contributed by atoms with Crippen molar-refractivity contribution in [3.05, 3.63) is 30.5 Å². The summed E-state index contributed by atoms with van der Waals surface area (Å²) in [5.41, 5.74) is 1.79. The van der Waals surface area contributed by atoms with Gasteiger partial charge < -0.3 is 5.32 Å². The lowest BCUT2D eigenvalue weighted by atomic mass is 10.1. The Bertz CT molecular complexity index is 723. The monoisotopic (exact) mass is 258 g/mol. The fourth-order valence-electron chi connectivity index (χ4n) is 1.83. The Morgan fingerprint density at radius 2 is 2.16 bits per heavy atom. The molecular weight excluding hydrogens is 247 g/mol. The number of anilines is 1. The fraction of sp³-hybridized carbons (Fsp3) is 0.167. The number of rotatable bonds is 3. The van der Waals surface area contributed by atoms with Gasteiger partial charge in [-0.1, -0.05) is 0 Å². The zero-order valence-electron chi connectivity index (χ0n) is 10.2. The minimum Gasteiger partial charge on any atom is -0.354 e. The lowest BCUT2D eigenvalue weighted by Crippen LogP contribution is -2.03. The first-order valence-corrected chi connectivity index (χ1v) is 5.84. The lowest BCUT2D eigenvalue weighted by Gasteiger charge is -2.06. The largest absolute Gasteiger partial charge is 0.354 e. The molecule has 0 saturated carbocycles. The molecule has 0 fully saturated rings. The highest BCUT2D eigenvalue weighted by Gasteiger charge is 2.12. The summed E-state index contributed by atoms with van der Waals surface area (Å²) in [5, 5.41) is 10.5. The number of nitrogens with one attached hydrogen (secondary N) is 2. The zero-order valence-corrected chi connectivity index (χ0v) is 10.2. The molecule has 7 heteroatoms. The van der Waals surface area contributed by atoms with Gasteiger partial charge in [-0.2, -0.15) is 10.1 Å². The highest BCUT2D eigenvalue weighted by molar-refractivity contribution is 5.90. The summed E-state index contributed by atoms with van der Waals surface area (Å²) in [6.45, 7) is 2.64. The van der Waals surface area contributed by atoms with Crippen LogP contribution in [0.2, 0.25) is 0 Å². The minimum absolute atomic E-state index is 0.405. The number of nitrogens with zero attached hydrogens (tertiary/aromatic N) is 4. The van der Waals surface area contributed by atoms with Gasteiger partial charge in [0.15, 0.2) is 5.65 Å². The topological polar surface area (TPSA) is 79.4 Å². The van der Waals surface area contributed by atoms with Gasteiger partial charge in [0, 0.05) is 18.3 Å². The van der Waals surface area contributed by atoms with Gasteiger partial charge in [0.2, 0.25) is 5.95 Å². The number of H-pyrrole nitrogens is 1. The van der Waals surface area contributed by atoms with Crippen LogP contribution in [0.5, 0.6) is 0 Å². The molecular formula is C12H11FN6. The first-order valence-electron chi connectivity index (χ1n) is 5.84. The summed E-state index contributed by atoms with van der Waals surface area (Å²) < 4.78 is 13.3. The third-order valence-corrected chi connectivity index (χ3v) is 2.62. The van der Waals surface area contributed by atoms with Crippen LogP contribution in [0.25, 0.3) is 22.3 Å². The zero-order chi connectivity index (χ0) is 13.2. The van der Waals surface area contributed by atoms with E-state index in [0.29, 0.717) is 29.4 Å². The molecule has 96 valence electrons. The second-order valence-electron chi connectivity index (χ2n) is 3.95. The average Bonchev–Trinajstić information content (AvgIpc) is 2.86. The van der Waals surface area contributed by atoms with Crippen LogP contribution in [0.3, 0.4) is 0 Å². The van der Waals surface area contributed by atoms with Gasteiger partial charge in [-0.05, 0) is 13.0 Å². The van der Waals surface area contributed by atoms with Gasteiger partial charge in [-0.15, -0.1) is 0 Å². The van der Waals surface area contributed by atoms with Crippen molar-refractivity contribution in [1.29, 1.82) is 0 Å². The van der Waals surface area contributed by atoms with Crippen molar-refractivity contribution in [3.63, 3.8) is 0 Å². The van der Waals surface area contributed by atoms with Crippen molar-refractivity contribution in [1.82, 2.24) is 25.1 Å². The van der Waals surface area contributed by atoms with Crippen LogP contribution in [0, 0.1) is 5.82 Å². The molecule has 0 amide bonds. The van der Waals surface area contributed by atoms with Gasteiger partial charge in [-0.3, -0.25) is 10.1 Å². The van der Waals surface area contributed by atoms with E-state index in [9.17, 15) is 4.39 Å². The lowest BCUT2D eigenvalue weighted by molar-refractivity contribution is 0.622. The number of fused-ring (bicyclic) bond motifs is 1. The van der Waals surface area contributed by atoms with Crippen LogP contribution >= 0.6 is 0 Å². The van der Waals surface area contributed by atoms with Crippen molar-refractivity contribution in [2.24, 2.45) is 0 Å². The van der Waals surface area contributed by atoms with E-state index >= 15 is 0 Å². The molecule has 0 aliphatic heterocycles. The van der Waals surface area contributed by atoms with Crippen molar-refractivity contribution < 1.29 is 4.39 Å². The first kappa shape index (κ1) is 11.5. The molecule has 0 saturated heterocycles. The maximum Gasteiger partial charge on any atom is 0.225 e. The Labute approximate surface area is 108 Å². The highest BCUT2D eigenvalue weighted by Crippen LogP contribution is 2.25. The Morgan fingerprint density at radius 1 is 1.26 bits per heavy atom. The van der Waals surface area contributed by atoms with Gasteiger partial charge in [-0.25, -0.2) is 9.37 Å². The Balaban J connectivity index is 2.23. The van der Waals surface area contributed by atoms with E-state index in [4.69, 9.17) is 0 Å². The number of pyridine rings is 1. The summed E-state index contributed by atoms with van der Waals surface area (Å²) >= 11 is 0.